The first-order valence-corrected chi connectivity index (χ1v) is 7.74. The Balaban J connectivity index is 1.59. The van der Waals surface area contributed by atoms with Gasteiger partial charge in [0.15, 0.2) is 17.5 Å². The number of rotatable bonds is 4. The molecule has 0 aliphatic carbocycles. The van der Waals surface area contributed by atoms with Crippen LogP contribution in [0.1, 0.15) is 24.2 Å². The Morgan fingerprint density at radius 1 is 1.29 bits per heavy atom. The van der Waals surface area contributed by atoms with E-state index in [0.717, 1.165) is 49.6 Å². The molecular formula is C16H17F3N4O. The number of anilines is 1. The van der Waals surface area contributed by atoms with Crippen molar-refractivity contribution in [3.8, 4) is 0 Å². The van der Waals surface area contributed by atoms with E-state index in [1.165, 1.54) is 0 Å². The minimum absolute atomic E-state index is 0.0717. The van der Waals surface area contributed by atoms with E-state index in [4.69, 9.17) is 0 Å². The fraction of sp³-hybridized carbons (Fsp3) is 0.375. The Labute approximate surface area is 136 Å². The first-order chi connectivity index (χ1) is 11.5. The number of aryl methyl sites for hydroxylation is 2. The predicted octanol–water partition coefficient (Wildman–Crippen LogP) is 2.37. The van der Waals surface area contributed by atoms with Crippen LogP contribution in [-0.2, 0) is 24.3 Å². The number of hydrogen-bond donors (Lipinski definition) is 2. The average molecular weight is 338 g/mol. The van der Waals surface area contributed by atoms with Crippen LogP contribution in [0, 0.1) is 17.5 Å². The summed E-state index contributed by atoms with van der Waals surface area (Å²) < 4.78 is 41.4. The number of carbonyl (C=O) groups excluding carboxylic acids is 1. The summed E-state index contributed by atoms with van der Waals surface area (Å²) in [5.74, 6) is -4.78. The standard InChI is InChI=1S/C16H17F3N4O/c17-12-3-4-13(16(19)15(12)18)21-14(24)5-2-10-8-11-9-20-6-1-7-23(11)22-10/h3-4,8,20H,1-2,5-7,9H2,(H,21,24). The van der Waals surface area contributed by atoms with E-state index in [-0.39, 0.29) is 12.1 Å². The van der Waals surface area contributed by atoms with Gasteiger partial charge in [-0.2, -0.15) is 5.10 Å². The van der Waals surface area contributed by atoms with Gasteiger partial charge in [-0.1, -0.05) is 0 Å². The summed E-state index contributed by atoms with van der Waals surface area (Å²) in [6.07, 6.45) is 1.45. The van der Waals surface area contributed by atoms with Gasteiger partial charge in [-0.3, -0.25) is 9.48 Å². The molecule has 0 atom stereocenters. The van der Waals surface area contributed by atoms with Crippen LogP contribution in [0.4, 0.5) is 18.9 Å². The molecule has 1 aromatic carbocycles. The zero-order valence-electron chi connectivity index (χ0n) is 12.9. The molecule has 0 bridgehead atoms. The molecule has 5 nitrogen and oxygen atoms in total. The quantitative estimate of drug-likeness (QED) is 0.842. The second kappa shape index (κ2) is 7.04. The molecule has 2 N–H and O–H groups in total. The second-order valence-electron chi connectivity index (χ2n) is 5.65. The van der Waals surface area contributed by atoms with Crippen molar-refractivity contribution in [1.82, 2.24) is 15.1 Å². The Morgan fingerprint density at radius 2 is 2.12 bits per heavy atom. The Morgan fingerprint density at radius 3 is 2.96 bits per heavy atom. The minimum Gasteiger partial charge on any atom is -0.323 e. The van der Waals surface area contributed by atoms with Crippen molar-refractivity contribution in [2.75, 3.05) is 11.9 Å². The van der Waals surface area contributed by atoms with Crippen molar-refractivity contribution >= 4 is 11.6 Å². The summed E-state index contributed by atoms with van der Waals surface area (Å²) in [7, 11) is 0. The van der Waals surface area contributed by atoms with Crippen molar-refractivity contribution < 1.29 is 18.0 Å². The lowest BCUT2D eigenvalue weighted by molar-refractivity contribution is -0.116. The van der Waals surface area contributed by atoms with Crippen LogP contribution in [-0.4, -0.2) is 22.2 Å². The van der Waals surface area contributed by atoms with Crippen molar-refractivity contribution in [2.45, 2.75) is 32.4 Å². The van der Waals surface area contributed by atoms with Crippen LogP contribution in [0.5, 0.6) is 0 Å². The highest BCUT2D eigenvalue weighted by molar-refractivity contribution is 5.90. The maximum Gasteiger partial charge on any atom is 0.224 e. The van der Waals surface area contributed by atoms with E-state index in [9.17, 15) is 18.0 Å². The van der Waals surface area contributed by atoms with Crippen molar-refractivity contribution in [3.63, 3.8) is 0 Å². The number of hydrogen-bond acceptors (Lipinski definition) is 3. The van der Waals surface area contributed by atoms with Crippen LogP contribution in [0.3, 0.4) is 0 Å². The smallest absolute Gasteiger partial charge is 0.224 e. The zero-order valence-corrected chi connectivity index (χ0v) is 12.9. The van der Waals surface area contributed by atoms with Gasteiger partial charge in [0.05, 0.1) is 17.1 Å². The lowest BCUT2D eigenvalue weighted by Crippen LogP contribution is -2.14. The highest BCUT2D eigenvalue weighted by atomic mass is 19.2. The van der Waals surface area contributed by atoms with Gasteiger partial charge < -0.3 is 10.6 Å². The van der Waals surface area contributed by atoms with Crippen LogP contribution in [0.2, 0.25) is 0 Å². The predicted molar refractivity (Wildman–Crippen MR) is 81.8 cm³/mol. The summed E-state index contributed by atoms with van der Waals surface area (Å²) in [4.78, 5) is 11.9. The van der Waals surface area contributed by atoms with Crippen molar-refractivity contribution in [3.05, 3.63) is 47.0 Å². The van der Waals surface area contributed by atoms with E-state index in [0.29, 0.717) is 6.42 Å². The Kier molecular flexibility index (Phi) is 4.84. The Bertz CT molecular complexity index is 737. The molecule has 128 valence electrons. The SMILES string of the molecule is O=C(CCc1cc2n(n1)CCCNC2)Nc1ccc(F)c(F)c1F. The molecule has 0 fully saturated rings. The largest absolute Gasteiger partial charge is 0.323 e. The normalized spacial score (nSPS) is 14.1. The minimum atomic E-state index is -1.60. The van der Waals surface area contributed by atoms with Crippen LogP contribution >= 0.6 is 0 Å². The van der Waals surface area contributed by atoms with E-state index in [1.807, 2.05) is 10.7 Å². The maximum atomic E-state index is 13.5. The molecule has 0 unspecified atom stereocenters. The summed E-state index contributed by atoms with van der Waals surface area (Å²) in [6.45, 7) is 2.51. The molecular weight excluding hydrogens is 321 g/mol. The molecule has 0 saturated heterocycles. The number of amides is 1. The number of benzene rings is 1. The number of nitrogens with zero attached hydrogens (tertiary/aromatic N) is 2. The zero-order chi connectivity index (χ0) is 17.1. The number of halogens is 3. The van der Waals surface area contributed by atoms with Crippen LogP contribution in [0.15, 0.2) is 18.2 Å². The summed E-state index contributed by atoms with van der Waals surface area (Å²) in [6, 6.07) is 3.70. The summed E-state index contributed by atoms with van der Waals surface area (Å²) in [5.41, 5.74) is 1.47. The van der Waals surface area contributed by atoms with Crippen LogP contribution < -0.4 is 10.6 Å². The van der Waals surface area contributed by atoms with Gasteiger partial charge in [0.2, 0.25) is 5.91 Å². The highest BCUT2D eigenvalue weighted by Crippen LogP contribution is 2.20. The molecule has 8 heteroatoms. The lowest BCUT2D eigenvalue weighted by Gasteiger charge is -2.06. The molecule has 1 aromatic heterocycles. The van der Waals surface area contributed by atoms with Crippen LogP contribution in [0.25, 0.3) is 0 Å². The van der Waals surface area contributed by atoms with E-state index in [2.05, 4.69) is 15.7 Å². The molecule has 3 rings (SSSR count). The van der Waals surface area contributed by atoms with Gasteiger partial charge in [-0.15, -0.1) is 0 Å². The third kappa shape index (κ3) is 3.59. The van der Waals surface area contributed by atoms with E-state index >= 15 is 0 Å². The monoisotopic (exact) mass is 338 g/mol. The number of fused-ring (bicyclic) bond motifs is 1. The van der Waals surface area contributed by atoms with Gasteiger partial charge in [0, 0.05) is 25.9 Å². The first kappa shape index (κ1) is 16.5. The number of aromatic nitrogens is 2. The van der Waals surface area contributed by atoms with Crippen molar-refractivity contribution in [1.29, 1.82) is 0 Å². The molecule has 0 spiro atoms. The maximum absolute atomic E-state index is 13.5. The van der Waals surface area contributed by atoms with E-state index in [1.54, 1.807) is 0 Å². The van der Waals surface area contributed by atoms with E-state index < -0.39 is 23.4 Å². The molecule has 0 saturated carbocycles. The molecule has 24 heavy (non-hydrogen) atoms. The molecule has 1 aliphatic heterocycles. The molecule has 0 radical (unpaired) electrons. The number of nitrogens with one attached hydrogen (secondary N) is 2. The van der Waals surface area contributed by atoms with Gasteiger partial charge in [0.25, 0.3) is 0 Å². The third-order valence-corrected chi connectivity index (χ3v) is 3.86. The summed E-state index contributed by atoms with van der Waals surface area (Å²) >= 11 is 0. The first-order valence-electron chi connectivity index (χ1n) is 7.74. The molecule has 1 amide bonds. The fourth-order valence-corrected chi connectivity index (χ4v) is 2.62. The highest BCUT2D eigenvalue weighted by Gasteiger charge is 2.16. The molecule has 2 aromatic rings. The van der Waals surface area contributed by atoms with Gasteiger partial charge >= 0.3 is 0 Å². The van der Waals surface area contributed by atoms with Crippen molar-refractivity contribution in [2.24, 2.45) is 0 Å². The third-order valence-electron chi connectivity index (χ3n) is 3.86. The molecule has 2 heterocycles. The summed E-state index contributed by atoms with van der Waals surface area (Å²) in [5, 5.41) is 9.98. The van der Waals surface area contributed by atoms with Gasteiger partial charge in [-0.25, -0.2) is 13.2 Å². The molecule has 1 aliphatic rings. The average Bonchev–Trinajstić information content (AvgIpc) is 2.83. The number of carbonyl (C=O) groups is 1. The second-order valence-corrected chi connectivity index (χ2v) is 5.65. The van der Waals surface area contributed by atoms with Gasteiger partial charge in [0.1, 0.15) is 0 Å². The fourth-order valence-electron chi connectivity index (χ4n) is 2.62. The lowest BCUT2D eigenvalue weighted by atomic mass is 10.2. The topological polar surface area (TPSA) is 59.0 Å². The van der Waals surface area contributed by atoms with Gasteiger partial charge in [-0.05, 0) is 31.2 Å². The Hall–Kier alpha value is -2.35.